The van der Waals surface area contributed by atoms with E-state index in [9.17, 15) is 4.79 Å². The third kappa shape index (κ3) is 3.86. The SMILES string of the molecule is CC(C)C(=O)Nc1cncc(-c2ccc3[nH]nc(-c4nc5c(-c6ccncc6)cccc5[nH]4)c3n2)c1. The molecule has 0 aliphatic carbocycles. The van der Waals surface area contributed by atoms with Crippen LogP contribution in [0.2, 0.25) is 0 Å². The predicted molar refractivity (Wildman–Crippen MR) is 139 cm³/mol. The molecule has 0 fully saturated rings. The van der Waals surface area contributed by atoms with Gasteiger partial charge in [0.2, 0.25) is 5.91 Å². The van der Waals surface area contributed by atoms with Crippen LogP contribution in [0.3, 0.4) is 0 Å². The first-order chi connectivity index (χ1) is 17.6. The zero-order valence-corrected chi connectivity index (χ0v) is 19.6. The molecule has 1 amide bonds. The molecule has 0 unspecified atom stereocenters. The fourth-order valence-corrected chi connectivity index (χ4v) is 4.07. The first-order valence-electron chi connectivity index (χ1n) is 11.6. The number of carbonyl (C=O) groups is 1. The molecule has 0 aliphatic heterocycles. The summed E-state index contributed by atoms with van der Waals surface area (Å²) in [6.07, 6.45) is 6.89. The van der Waals surface area contributed by atoms with Crippen molar-refractivity contribution in [2.75, 3.05) is 5.32 Å². The van der Waals surface area contributed by atoms with Crippen molar-refractivity contribution in [3.8, 4) is 33.9 Å². The minimum atomic E-state index is -0.125. The summed E-state index contributed by atoms with van der Waals surface area (Å²) in [7, 11) is 0. The van der Waals surface area contributed by atoms with E-state index in [-0.39, 0.29) is 11.8 Å². The summed E-state index contributed by atoms with van der Waals surface area (Å²) in [4.78, 5) is 33.7. The van der Waals surface area contributed by atoms with Crippen LogP contribution >= 0.6 is 0 Å². The average Bonchev–Trinajstić information content (AvgIpc) is 3.53. The second-order valence-corrected chi connectivity index (χ2v) is 8.79. The maximum Gasteiger partial charge on any atom is 0.226 e. The molecule has 1 aromatic carbocycles. The van der Waals surface area contributed by atoms with Gasteiger partial charge in [-0.3, -0.25) is 19.9 Å². The molecule has 0 radical (unpaired) electrons. The smallest absolute Gasteiger partial charge is 0.226 e. The highest BCUT2D eigenvalue weighted by atomic mass is 16.1. The van der Waals surface area contributed by atoms with Gasteiger partial charge in [-0.05, 0) is 42.0 Å². The predicted octanol–water partition coefficient (Wildman–Crippen LogP) is 5.22. The lowest BCUT2D eigenvalue weighted by molar-refractivity contribution is -0.118. The molecule has 0 saturated heterocycles. The minimum Gasteiger partial charge on any atom is -0.336 e. The maximum absolute atomic E-state index is 12.1. The Kier molecular flexibility index (Phi) is 5.22. The molecule has 5 aromatic heterocycles. The van der Waals surface area contributed by atoms with Gasteiger partial charge in [0, 0.05) is 35.6 Å². The van der Waals surface area contributed by atoms with E-state index in [1.807, 2.05) is 62.4 Å². The lowest BCUT2D eigenvalue weighted by Gasteiger charge is -2.08. The van der Waals surface area contributed by atoms with Gasteiger partial charge < -0.3 is 10.3 Å². The van der Waals surface area contributed by atoms with E-state index >= 15 is 0 Å². The van der Waals surface area contributed by atoms with Crippen LogP contribution in [0.1, 0.15) is 13.8 Å². The molecule has 0 atom stereocenters. The fraction of sp³-hybridized carbons (Fsp3) is 0.111. The molecule has 0 spiro atoms. The Bertz CT molecular complexity index is 1720. The normalized spacial score (nSPS) is 11.4. The number of hydrogen-bond donors (Lipinski definition) is 3. The molecular formula is C27H22N8O. The summed E-state index contributed by atoms with van der Waals surface area (Å²) < 4.78 is 0. The molecular weight excluding hydrogens is 452 g/mol. The fourth-order valence-electron chi connectivity index (χ4n) is 4.07. The molecule has 0 aliphatic rings. The van der Waals surface area contributed by atoms with Crippen LogP contribution in [0, 0.1) is 5.92 Å². The molecule has 176 valence electrons. The third-order valence-corrected chi connectivity index (χ3v) is 5.96. The van der Waals surface area contributed by atoms with E-state index in [0.29, 0.717) is 28.4 Å². The molecule has 9 nitrogen and oxygen atoms in total. The Labute approximate surface area is 206 Å². The third-order valence-electron chi connectivity index (χ3n) is 5.96. The molecule has 6 rings (SSSR count). The molecule has 5 heterocycles. The number of para-hydroxylation sites is 1. The maximum atomic E-state index is 12.1. The van der Waals surface area contributed by atoms with Gasteiger partial charge in [-0.2, -0.15) is 5.10 Å². The zero-order valence-electron chi connectivity index (χ0n) is 19.6. The number of pyridine rings is 3. The number of H-pyrrole nitrogens is 2. The number of aromatic amines is 2. The molecule has 0 saturated carbocycles. The van der Waals surface area contributed by atoms with E-state index in [2.05, 4.69) is 30.5 Å². The van der Waals surface area contributed by atoms with Crippen LogP contribution in [0.15, 0.2) is 73.3 Å². The number of amides is 1. The Morgan fingerprint density at radius 3 is 2.58 bits per heavy atom. The van der Waals surface area contributed by atoms with E-state index in [4.69, 9.17) is 9.97 Å². The quantitative estimate of drug-likeness (QED) is 0.315. The Morgan fingerprint density at radius 2 is 1.75 bits per heavy atom. The van der Waals surface area contributed by atoms with Gasteiger partial charge in [-0.1, -0.05) is 26.0 Å². The molecule has 6 aromatic rings. The molecule has 3 N–H and O–H groups in total. The van der Waals surface area contributed by atoms with Gasteiger partial charge >= 0.3 is 0 Å². The summed E-state index contributed by atoms with van der Waals surface area (Å²) in [5.74, 6) is 0.434. The first-order valence-corrected chi connectivity index (χ1v) is 11.6. The number of nitrogens with zero attached hydrogens (tertiary/aromatic N) is 5. The van der Waals surface area contributed by atoms with Crippen LogP contribution in [-0.2, 0) is 4.79 Å². The van der Waals surface area contributed by atoms with Crippen molar-refractivity contribution in [3.63, 3.8) is 0 Å². The van der Waals surface area contributed by atoms with E-state index < -0.39 is 0 Å². The first kappa shape index (κ1) is 21.6. The lowest BCUT2D eigenvalue weighted by atomic mass is 10.1. The van der Waals surface area contributed by atoms with Crippen molar-refractivity contribution in [2.45, 2.75) is 13.8 Å². The summed E-state index contributed by atoms with van der Waals surface area (Å²) in [5.41, 5.74) is 8.04. The number of rotatable bonds is 5. The highest BCUT2D eigenvalue weighted by Crippen LogP contribution is 2.31. The number of carbonyl (C=O) groups excluding carboxylic acids is 1. The van der Waals surface area contributed by atoms with E-state index in [1.54, 1.807) is 24.8 Å². The summed E-state index contributed by atoms with van der Waals surface area (Å²) in [5, 5.41) is 10.5. The number of aromatic nitrogens is 7. The van der Waals surface area contributed by atoms with Crippen LogP contribution in [0.25, 0.3) is 56.0 Å². The Morgan fingerprint density at radius 1 is 0.889 bits per heavy atom. The zero-order chi connectivity index (χ0) is 24.6. The number of fused-ring (bicyclic) bond motifs is 2. The van der Waals surface area contributed by atoms with Gasteiger partial charge in [-0.15, -0.1) is 0 Å². The van der Waals surface area contributed by atoms with Crippen molar-refractivity contribution in [1.82, 2.24) is 35.1 Å². The number of hydrogen-bond acceptors (Lipinski definition) is 6. The van der Waals surface area contributed by atoms with Crippen molar-refractivity contribution in [3.05, 3.63) is 73.3 Å². The second kappa shape index (κ2) is 8.70. The van der Waals surface area contributed by atoms with Crippen LogP contribution < -0.4 is 5.32 Å². The topological polar surface area (TPSA) is 125 Å². The summed E-state index contributed by atoms with van der Waals surface area (Å²) in [6, 6.07) is 15.7. The highest BCUT2D eigenvalue weighted by molar-refractivity contribution is 5.96. The average molecular weight is 475 g/mol. The van der Waals surface area contributed by atoms with Crippen molar-refractivity contribution in [1.29, 1.82) is 0 Å². The van der Waals surface area contributed by atoms with Crippen LogP contribution in [-0.4, -0.2) is 41.0 Å². The van der Waals surface area contributed by atoms with Crippen molar-refractivity contribution in [2.24, 2.45) is 5.92 Å². The number of anilines is 1. The monoisotopic (exact) mass is 474 g/mol. The van der Waals surface area contributed by atoms with Crippen molar-refractivity contribution < 1.29 is 4.79 Å². The standard InChI is InChI=1S/C27H22N8O/c1-15(2)27(36)30-18-12-17(13-29-14-18)20-6-7-22-24(31-20)25(35-34-22)26-32-21-5-3-4-19(23(21)33-26)16-8-10-28-11-9-16/h3-15H,1-2H3,(H,30,36)(H,32,33)(H,34,35). The van der Waals surface area contributed by atoms with E-state index in [0.717, 1.165) is 33.2 Å². The van der Waals surface area contributed by atoms with Crippen molar-refractivity contribution >= 4 is 33.7 Å². The Hall–Kier alpha value is -4.92. The van der Waals surface area contributed by atoms with Gasteiger partial charge in [0.05, 0.1) is 34.1 Å². The largest absolute Gasteiger partial charge is 0.336 e. The minimum absolute atomic E-state index is 0.0643. The van der Waals surface area contributed by atoms with Gasteiger partial charge in [0.1, 0.15) is 5.52 Å². The number of benzene rings is 1. The summed E-state index contributed by atoms with van der Waals surface area (Å²) in [6.45, 7) is 3.70. The van der Waals surface area contributed by atoms with Gasteiger partial charge in [-0.25, -0.2) is 9.97 Å². The second-order valence-electron chi connectivity index (χ2n) is 8.79. The Balaban J connectivity index is 1.41. The van der Waals surface area contributed by atoms with Gasteiger partial charge in [0.15, 0.2) is 11.5 Å². The number of nitrogens with one attached hydrogen (secondary N) is 3. The summed E-state index contributed by atoms with van der Waals surface area (Å²) >= 11 is 0. The van der Waals surface area contributed by atoms with Crippen LogP contribution in [0.4, 0.5) is 5.69 Å². The molecule has 0 bridgehead atoms. The number of imidazole rings is 1. The molecule has 9 heteroatoms. The highest BCUT2D eigenvalue weighted by Gasteiger charge is 2.17. The van der Waals surface area contributed by atoms with Crippen LogP contribution in [0.5, 0.6) is 0 Å². The van der Waals surface area contributed by atoms with Gasteiger partial charge in [0.25, 0.3) is 0 Å². The van der Waals surface area contributed by atoms with E-state index in [1.165, 1.54) is 0 Å². The molecule has 36 heavy (non-hydrogen) atoms. The lowest BCUT2D eigenvalue weighted by Crippen LogP contribution is -2.17.